The topological polar surface area (TPSA) is 76.5 Å². The Bertz CT molecular complexity index is 251. The molecule has 0 aliphatic heterocycles. The predicted octanol–water partition coefficient (Wildman–Crippen LogP) is 0.538. The number of aliphatic carboxylic acids is 1. The van der Waals surface area contributed by atoms with Gasteiger partial charge in [-0.3, -0.25) is 0 Å². The first-order valence-electron chi connectivity index (χ1n) is 3.11. The van der Waals surface area contributed by atoms with E-state index in [1.54, 1.807) is 6.07 Å². The van der Waals surface area contributed by atoms with Crippen molar-refractivity contribution in [3.8, 4) is 0 Å². The molecule has 4 heteroatoms. The summed E-state index contributed by atoms with van der Waals surface area (Å²) < 4.78 is 4.85. The summed E-state index contributed by atoms with van der Waals surface area (Å²) in [5, 5.41) is 8.63. The number of carboxylic acids is 1. The second-order valence-electron chi connectivity index (χ2n) is 2.48. The molecule has 60 valence electrons. The maximum absolute atomic E-state index is 10.5. The summed E-state index contributed by atoms with van der Waals surface area (Å²) in [6, 6.07) is 3.14. The van der Waals surface area contributed by atoms with Gasteiger partial charge in [0, 0.05) is 0 Å². The first kappa shape index (κ1) is 7.81. The number of furan rings is 1. The normalized spacial score (nSPS) is 15.8. The molecule has 0 aromatic carbocycles. The monoisotopic (exact) mass is 155 g/mol. The third kappa shape index (κ3) is 1.25. The quantitative estimate of drug-likeness (QED) is 0.653. The molecule has 4 nitrogen and oxygen atoms in total. The van der Waals surface area contributed by atoms with Crippen molar-refractivity contribution in [1.29, 1.82) is 0 Å². The average molecular weight is 155 g/mol. The zero-order valence-electron chi connectivity index (χ0n) is 6.07. The van der Waals surface area contributed by atoms with E-state index < -0.39 is 11.5 Å². The molecule has 1 aromatic heterocycles. The molecule has 0 radical (unpaired) electrons. The van der Waals surface area contributed by atoms with Crippen LogP contribution in [0.4, 0.5) is 0 Å². The molecular formula is C7H9NO3. The summed E-state index contributed by atoms with van der Waals surface area (Å²) in [6.45, 7) is 1.38. The van der Waals surface area contributed by atoms with Crippen molar-refractivity contribution in [3.05, 3.63) is 24.2 Å². The molecular weight excluding hydrogens is 146 g/mol. The van der Waals surface area contributed by atoms with Gasteiger partial charge in [0.1, 0.15) is 5.76 Å². The van der Waals surface area contributed by atoms with Crippen LogP contribution in [0.3, 0.4) is 0 Å². The van der Waals surface area contributed by atoms with Gasteiger partial charge in [-0.05, 0) is 19.1 Å². The fourth-order valence-electron chi connectivity index (χ4n) is 0.679. The Morgan fingerprint density at radius 1 is 1.82 bits per heavy atom. The molecule has 0 fully saturated rings. The van der Waals surface area contributed by atoms with E-state index in [-0.39, 0.29) is 5.76 Å². The third-order valence-electron chi connectivity index (χ3n) is 1.48. The van der Waals surface area contributed by atoms with Crippen LogP contribution in [-0.4, -0.2) is 11.1 Å². The minimum atomic E-state index is -1.43. The van der Waals surface area contributed by atoms with Crippen molar-refractivity contribution >= 4 is 5.97 Å². The highest BCUT2D eigenvalue weighted by Crippen LogP contribution is 2.17. The maximum atomic E-state index is 10.5. The van der Waals surface area contributed by atoms with Crippen LogP contribution in [0.1, 0.15) is 12.7 Å². The zero-order chi connectivity index (χ0) is 8.48. The second-order valence-corrected chi connectivity index (χ2v) is 2.48. The minimum Gasteiger partial charge on any atom is -0.480 e. The largest absolute Gasteiger partial charge is 0.480 e. The molecule has 1 heterocycles. The van der Waals surface area contributed by atoms with E-state index in [9.17, 15) is 4.79 Å². The van der Waals surface area contributed by atoms with Crippen LogP contribution >= 0.6 is 0 Å². The summed E-state index contributed by atoms with van der Waals surface area (Å²) in [5.74, 6) is -0.850. The van der Waals surface area contributed by atoms with Crippen LogP contribution in [0.5, 0.6) is 0 Å². The van der Waals surface area contributed by atoms with E-state index >= 15 is 0 Å². The van der Waals surface area contributed by atoms with Crippen LogP contribution in [0.2, 0.25) is 0 Å². The Hall–Kier alpha value is -1.29. The fourth-order valence-corrected chi connectivity index (χ4v) is 0.679. The van der Waals surface area contributed by atoms with Gasteiger partial charge in [-0.2, -0.15) is 0 Å². The van der Waals surface area contributed by atoms with Gasteiger partial charge in [0.25, 0.3) is 0 Å². The highest BCUT2D eigenvalue weighted by molar-refractivity contribution is 5.78. The van der Waals surface area contributed by atoms with Gasteiger partial charge in [0.05, 0.1) is 6.26 Å². The minimum absolute atomic E-state index is 0.255. The molecule has 1 unspecified atom stereocenters. The molecule has 0 spiro atoms. The molecule has 0 bridgehead atoms. The van der Waals surface area contributed by atoms with E-state index in [0.29, 0.717) is 0 Å². The summed E-state index contributed by atoms with van der Waals surface area (Å²) in [4.78, 5) is 10.5. The van der Waals surface area contributed by atoms with Crippen molar-refractivity contribution in [2.45, 2.75) is 12.5 Å². The summed E-state index contributed by atoms with van der Waals surface area (Å²) >= 11 is 0. The molecule has 0 saturated carbocycles. The van der Waals surface area contributed by atoms with E-state index in [1.165, 1.54) is 19.3 Å². The first-order valence-corrected chi connectivity index (χ1v) is 3.11. The number of carbonyl (C=O) groups is 1. The van der Waals surface area contributed by atoms with Crippen LogP contribution in [0.25, 0.3) is 0 Å². The number of rotatable bonds is 2. The van der Waals surface area contributed by atoms with Crippen LogP contribution in [0.15, 0.2) is 22.8 Å². The lowest BCUT2D eigenvalue weighted by Gasteiger charge is -2.14. The highest BCUT2D eigenvalue weighted by atomic mass is 16.4. The predicted molar refractivity (Wildman–Crippen MR) is 37.9 cm³/mol. The fraction of sp³-hybridized carbons (Fsp3) is 0.286. The van der Waals surface area contributed by atoms with E-state index in [1.807, 2.05) is 0 Å². The van der Waals surface area contributed by atoms with Gasteiger partial charge in [-0.1, -0.05) is 0 Å². The van der Waals surface area contributed by atoms with Crippen LogP contribution in [-0.2, 0) is 10.3 Å². The second kappa shape index (κ2) is 2.39. The van der Waals surface area contributed by atoms with Crippen LogP contribution in [0, 0.1) is 0 Å². The summed E-state index contributed by atoms with van der Waals surface area (Å²) in [6.07, 6.45) is 1.39. The zero-order valence-corrected chi connectivity index (χ0v) is 6.07. The Kier molecular flexibility index (Phi) is 1.70. The Labute approximate surface area is 63.6 Å². The average Bonchev–Trinajstić information content (AvgIpc) is 2.37. The number of hydrogen-bond donors (Lipinski definition) is 2. The van der Waals surface area contributed by atoms with Crippen molar-refractivity contribution < 1.29 is 14.3 Å². The molecule has 1 atom stereocenters. The van der Waals surface area contributed by atoms with Gasteiger partial charge in [-0.15, -0.1) is 0 Å². The first-order chi connectivity index (χ1) is 5.05. The van der Waals surface area contributed by atoms with Crippen molar-refractivity contribution in [1.82, 2.24) is 0 Å². The third-order valence-corrected chi connectivity index (χ3v) is 1.48. The van der Waals surface area contributed by atoms with Gasteiger partial charge in [0.15, 0.2) is 5.54 Å². The highest BCUT2D eigenvalue weighted by Gasteiger charge is 2.32. The molecule has 1 aromatic rings. The molecule has 0 aliphatic rings. The Morgan fingerprint density at radius 3 is 2.82 bits per heavy atom. The van der Waals surface area contributed by atoms with Gasteiger partial charge >= 0.3 is 5.97 Å². The lowest BCUT2D eigenvalue weighted by molar-refractivity contribution is -0.143. The Balaban J connectivity index is 3.00. The number of carboxylic acid groups (broad SMARTS) is 1. The van der Waals surface area contributed by atoms with E-state index in [2.05, 4.69) is 0 Å². The Morgan fingerprint density at radius 2 is 2.45 bits per heavy atom. The lowest BCUT2D eigenvalue weighted by atomic mass is 10.0. The number of hydrogen-bond acceptors (Lipinski definition) is 3. The van der Waals surface area contributed by atoms with Crippen molar-refractivity contribution in [3.63, 3.8) is 0 Å². The standard InChI is InChI=1S/C7H9NO3/c1-7(8,6(9)10)5-3-2-4-11-5/h2-4H,8H2,1H3,(H,9,10). The molecule has 1 rings (SSSR count). The van der Waals surface area contributed by atoms with Gasteiger partial charge in [-0.25, -0.2) is 4.79 Å². The molecule has 0 amide bonds. The molecule has 0 saturated heterocycles. The van der Waals surface area contributed by atoms with Gasteiger partial charge < -0.3 is 15.3 Å². The smallest absolute Gasteiger partial charge is 0.331 e. The lowest BCUT2D eigenvalue weighted by Crippen LogP contribution is -2.41. The van der Waals surface area contributed by atoms with Crippen molar-refractivity contribution in [2.24, 2.45) is 5.73 Å². The van der Waals surface area contributed by atoms with E-state index in [0.717, 1.165) is 0 Å². The summed E-state index contributed by atoms with van der Waals surface area (Å²) in [7, 11) is 0. The van der Waals surface area contributed by atoms with Gasteiger partial charge in [0.2, 0.25) is 0 Å². The SMILES string of the molecule is CC(N)(C(=O)O)c1ccco1. The van der Waals surface area contributed by atoms with Crippen molar-refractivity contribution in [2.75, 3.05) is 0 Å². The summed E-state index contributed by atoms with van der Waals surface area (Å²) in [5.41, 5.74) is 4.00. The molecule has 11 heavy (non-hydrogen) atoms. The maximum Gasteiger partial charge on any atom is 0.331 e. The molecule has 3 N–H and O–H groups in total. The van der Waals surface area contributed by atoms with Crippen LogP contribution < -0.4 is 5.73 Å². The number of nitrogens with two attached hydrogens (primary N) is 1. The van der Waals surface area contributed by atoms with E-state index in [4.69, 9.17) is 15.3 Å². The molecule has 0 aliphatic carbocycles.